The van der Waals surface area contributed by atoms with Crippen LogP contribution in [0.4, 0.5) is 10.1 Å². The number of nitrogens with zero attached hydrogens (tertiary/aromatic N) is 1. The molecule has 3 N–H and O–H groups in total. The first-order valence-corrected chi connectivity index (χ1v) is 10.1. The molecule has 0 unspecified atom stereocenters. The van der Waals surface area contributed by atoms with Gasteiger partial charge in [-0.25, -0.2) is 9.37 Å². The minimum atomic E-state index is -0.715. The molecule has 0 aliphatic rings. The third-order valence-electron chi connectivity index (χ3n) is 4.86. The predicted octanol–water partition coefficient (Wildman–Crippen LogP) is 4.90. The molecule has 0 aliphatic carbocycles. The van der Waals surface area contributed by atoms with Crippen molar-refractivity contribution in [1.29, 1.82) is 0 Å². The van der Waals surface area contributed by atoms with Crippen LogP contribution in [0.5, 0.6) is 5.75 Å². The Labute approximate surface area is 178 Å². The fourth-order valence-corrected chi connectivity index (χ4v) is 4.34. The number of halogens is 1. The van der Waals surface area contributed by atoms with E-state index >= 15 is 0 Å². The van der Waals surface area contributed by atoms with E-state index in [-0.39, 0.29) is 17.1 Å². The fraction of sp³-hybridized carbons (Fsp3) is 0. The quantitative estimate of drug-likeness (QED) is 0.379. The normalized spacial score (nSPS) is 11.1. The maximum Gasteiger partial charge on any atom is 0.265 e. The zero-order valence-corrected chi connectivity index (χ0v) is 16.7. The predicted molar refractivity (Wildman–Crippen MR) is 119 cm³/mol. The van der Waals surface area contributed by atoms with Crippen LogP contribution in [0.3, 0.4) is 0 Å². The van der Waals surface area contributed by atoms with E-state index in [1.54, 1.807) is 54.6 Å². The molecule has 0 atom stereocenters. The lowest BCUT2D eigenvalue weighted by Gasteiger charge is -2.09. The van der Waals surface area contributed by atoms with Gasteiger partial charge in [-0.3, -0.25) is 9.59 Å². The second kappa shape index (κ2) is 7.33. The molecule has 0 saturated heterocycles. The summed E-state index contributed by atoms with van der Waals surface area (Å²) >= 11 is 1.37. The summed E-state index contributed by atoms with van der Waals surface area (Å²) in [5, 5.41) is 14.2. The van der Waals surface area contributed by atoms with Crippen molar-refractivity contribution < 1.29 is 14.3 Å². The Morgan fingerprint density at radius 1 is 1.06 bits per heavy atom. The molecule has 0 bridgehead atoms. The Morgan fingerprint density at radius 3 is 2.65 bits per heavy atom. The minimum absolute atomic E-state index is 0.312. The maximum atomic E-state index is 13.4. The van der Waals surface area contributed by atoms with Crippen molar-refractivity contribution in [2.24, 2.45) is 0 Å². The molecule has 8 heteroatoms. The number of anilines is 1. The molecule has 5 rings (SSSR count). The van der Waals surface area contributed by atoms with Crippen LogP contribution in [0.1, 0.15) is 10.4 Å². The van der Waals surface area contributed by atoms with E-state index in [0.29, 0.717) is 22.1 Å². The van der Waals surface area contributed by atoms with Crippen molar-refractivity contribution in [1.82, 2.24) is 9.97 Å². The molecule has 31 heavy (non-hydrogen) atoms. The molecule has 2 aromatic heterocycles. The molecule has 152 valence electrons. The van der Waals surface area contributed by atoms with Gasteiger partial charge in [-0.1, -0.05) is 12.1 Å². The first-order valence-electron chi connectivity index (χ1n) is 9.31. The van der Waals surface area contributed by atoms with E-state index < -0.39 is 11.5 Å². The number of amides is 1. The number of aromatic amines is 1. The van der Waals surface area contributed by atoms with Gasteiger partial charge in [-0.05, 0) is 54.6 Å². The third-order valence-corrected chi connectivity index (χ3v) is 5.93. The zero-order valence-electron chi connectivity index (χ0n) is 15.8. The molecular formula is C23H14FN3O3S. The Bertz CT molecular complexity index is 1520. The summed E-state index contributed by atoms with van der Waals surface area (Å²) in [7, 11) is 0. The topological polar surface area (TPSA) is 95.1 Å². The number of H-pyrrole nitrogens is 1. The van der Waals surface area contributed by atoms with Gasteiger partial charge in [0.25, 0.3) is 11.5 Å². The zero-order chi connectivity index (χ0) is 21.5. The van der Waals surface area contributed by atoms with Gasteiger partial charge in [0, 0.05) is 16.6 Å². The van der Waals surface area contributed by atoms with E-state index in [4.69, 9.17) is 0 Å². The monoisotopic (exact) mass is 431 g/mol. The number of pyridine rings is 1. The van der Waals surface area contributed by atoms with E-state index in [0.717, 1.165) is 15.3 Å². The maximum absolute atomic E-state index is 13.4. The molecule has 6 nitrogen and oxygen atoms in total. The van der Waals surface area contributed by atoms with Gasteiger partial charge >= 0.3 is 0 Å². The van der Waals surface area contributed by atoms with Gasteiger partial charge in [-0.15, -0.1) is 11.3 Å². The highest BCUT2D eigenvalue weighted by Gasteiger charge is 2.19. The molecule has 0 aliphatic heterocycles. The number of carbonyl (C=O) groups excluding carboxylic acids is 1. The van der Waals surface area contributed by atoms with Crippen LogP contribution in [0, 0.1) is 5.82 Å². The number of para-hydroxylation sites is 1. The van der Waals surface area contributed by atoms with Crippen molar-refractivity contribution in [2.45, 2.75) is 0 Å². The first kappa shape index (κ1) is 19.0. The van der Waals surface area contributed by atoms with Gasteiger partial charge in [0.2, 0.25) is 0 Å². The summed E-state index contributed by atoms with van der Waals surface area (Å²) in [6.45, 7) is 0. The molecule has 0 radical (unpaired) electrons. The number of nitrogens with one attached hydrogen (secondary N) is 2. The number of benzene rings is 3. The standard InChI is InChI=1S/C23H14FN3O3S/c24-13-7-10-17-18(11-13)31-23(27-17)12-5-8-14(9-6-12)25-21(29)19-20(28)15-3-1-2-4-16(15)26-22(19)30/h1-11H,(H,25,29)(H2,26,28,30). The third kappa shape index (κ3) is 3.43. The van der Waals surface area contributed by atoms with Gasteiger partial charge in [-0.2, -0.15) is 0 Å². The fourth-order valence-electron chi connectivity index (χ4n) is 3.35. The van der Waals surface area contributed by atoms with E-state index in [9.17, 15) is 19.1 Å². The van der Waals surface area contributed by atoms with E-state index in [1.807, 2.05) is 0 Å². The Balaban J connectivity index is 1.42. The average molecular weight is 431 g/mol. The Kier molecular flexibility index (Phi) is 4.48. The molecule has 5 aromatic rings. The van der Waals surface area contributed by atoms with Crippen molar-refractivity contribution in [2.75, 3.05) is 5.32 Å². The first-order chi connectivity index (χ1) is 15.0. The van der Waals surface area contributed by atoms with Crippen LogP contribution >= 0.6 is 11.3 Å². The van der Waals surface area contributed by atoms with Crippen molar-refractivity contribution in [3.8, 4) is 16.3 Å². The number of aromatic nitrogens is 2. The average Bonchev–Trinajstić information content (AvgIpc) is 3.17. The minimum Gasteiger partial charge on any atom is -0.506 e. The number of aromatic hydroxyl groups is 1. The highest BCUT2D eigenvalue weighted by Crippen LogP contribution is 2.31. The number of rotatable bonds is 3. The number of fused-ring (bicyclic) bond motifs is 2. The summed E-state index contributed by atoms with van der Waals surface area (Å²) < 4.78 is 14.2. The highest BCUT2D eigenvalue weighted by molar-refractivity contribution is 7.21. The molecule has 0 fully saturated rings. The lowest BCUT2D eigenvalue weighted by Crippen LogP contribution is -2.23. The highest BCUT2D eigenvalue weighted by atomic mass is 32.1. The smallest absolute Gasteiger partial charge is 0.265 e. The summed E-state index contributed by atoms with van der Waals surface area (Å²) in [4.78, 5) is 32.1. The largest absolute Gasteiger partial charge is 0.506 e. The van der Waals surface area contributed by atoms with Crippen LogP contribution in [0.25, 0.3) is 31.7 Å². The molecule has 1 amide bonds. The Hall–Kier alpha value is -4.04. The van der Waals surface area contributed by atoms with Gasteiger partial charge in [0.15, 0.2) is 0 Å². The van der Waals surface area contributed by atoms with Crippen LogP contribution in [0.2, 0.25) is 0 Å². The Morgan fingerprint density at radius 2 is 1.84 bits per heavy atom. The van der Waals surface area contributed by atoms with Crippen molar-refractivity contribution >= 4 is 44.1 Å². The van der Waals surface area contributed by atoms with Gasteiger partial charge in [0.05, 0.1) is 15.7 Å². The molecular weight excluding hydrogens is 417 g/mol. The second-order valence-electron chi connectivity index (χ2n) is 6.89. The van der Waals surface area contributed by atoms with Crippen LogP contribution in [-0.4, -0.2) is 21.0 Å². The summed E-state index contributed by atoms with van der Waals surface area (Å²) in [6.07, 6.45) is 0. The lowest BCUT2D eigenvalue weighted by atomic mass is 10.1. The number of carbonyl (C=O) groups is 1. The van der Waals surface area contributed by atoms with Crippen LogP contribution in [-0.2, 0) is 0 Å². The summed E-state index contributed by atoms with van der Waals surface area (Å²) in [6, 6.07) is 18.0. The number of hydrogen-bond donors (Lipinski definition) is 3. The molecule has 2 heterocycles. The molecule has 0 saturated carbocycles. The summed E-state index contributed by atoms with van der Waals surface area (Å²) in [5.74, 6) is -1.39. The van der Waals surface area contributed by atoms with Gasteiger partial charge in [0.1, 0.15) is 22.1 Å². The lowest BCUT2D eigenvalue weighted by molar-refractivity contribution is 0.102. The number of hydrogen-bond acceptors (Lipinski definition) is 5. The molecule has 3 aromatic carbocycles. The van der Waals surface area contributed by atoms with Crippen molar-refractivity contribution in [3.63, 3.8) is 0 Å². The number of thiazole rings is 1. The van der Waals surface area contributed by atoms with E-state index in [2.05, 4.69) is 15.3 Å². The van der Waals surface area contributed by atoms with Crippen LogP contribution < -0.4 is 10.9 Å². The summed E-state index contributed by atoms with van der Waals surface area (Å²) in [5.41, 5.74) is 1.40. The van der Waals surface area contributed by atoms with Crippen LogP contribution in [0.15, 0.2) is 71.5 Å². The van der Waals surface area contributed by atoms with Gasteiger partial charge < -0.3 is 15.4 Å². The second-order valence-corrected chi connectivity index (χ2v) is 7.92. The van der Waals surface area contributed by atoms with Crippen molar-refractivity contribution in [3.05, 3.63) is 88.5 Å². The van der Waals surface area contributed by atoms with E-state index in [1.165, 1.54) is 23.5 Å². The SMILES string of the molecule is O=C(Nc1ccc(-c2nc3ccc(F)cc3s2)cc1)c1c(O)c2ccccc2[nH]c1=O. The molecule has 0 spiro atoms.